The second-order valence-electron chi connectivity index (χ2n) is 10.1. The van der Waals surface area contributed by atoms with Crippen LogP contribution < -0.4 is 15.8 Å². The average molecular weight is 496 g/mol. The Balaban J connectivity index is 1.21. The van der Waals surface area contributed by atoms with E-state index in [1.54, 1.807) is 24.3 Å². The molecule has 1 saturated carbocycles. The lowest BCUT2D eigenvalue weighted by molar-refractivity contribution is 0.0937. The van der Waals surface area contributed by atoms with E-state index in [1.165, 1.54) is 6.07 Å². The number of hydrogen-bond acceptors (Lipinski definition) is 5. The van der Waals surface area contributed by atoms with Crippen LogP contribution in [-0.4, -0.2) is 59.0 Å². The van der Waals surface area contributed by atoms with Crippen molar-refractivity contribution in [3.8, 4) is 0 Å². The van der Waals surface area contributed by atoms with E-state index in [4.69, 9.17) is 0 Å². The molecule has 2 fully saturated rings. The number of rotatable bonds is 5. The molecular weight excluding hydrogens is 464 g/mol. The van der Waals surface area contributed by atoms with E-state index in [-0.39, 0.29) is 34.5 Å². The number of benzene rings is 1. The molecule has 2 aromatic heterocycles. The van der Waals surface area contributed by atoms with Crippen molar-refractivity contribution in [3.63, 3.8) is 0 Å². The van der Waals surface area contributed by atoms with Crippen LogP contribution in [0.4, 0.5) is 14.5 Å². The summed E-state index contributed by atoms with van der Waals surface area (Å²) in [6.07, 6.45) is 2.90. The number of H-pyrrole nitrogens is 1. The zero-order valence-corrected chi connectivity index (χ0v) is 20.6. The van der Waals surface area contributed by atoms with Gasteiger partial charge in [0.15, 0.2) is 0 Å². The van der Waals surface area contributed by atoms with Gasteiger partial charge in [-0.1, -0.05) is 12.1 Å². The SMILES string of the molecule is CC(C)NC(=O)c1ccc(N2CCN([C@@H]3CC[C@@H](c4cc5cccc(F)c5c(=O)[nH]4)C3)CC2)c(F)n1. The fourth-order valence-corrected chi connectivity index (χ4v) is 5.54. The molecule has 3 heterocycles. The highest BCUT2D eigenvalue weighted by Crippen LogP contribution is 2.37. The Morgan fingerprint density at radius 3 is 2.61 bits per heavy atom. The van der Waals surface area contributed by atoms with E-state index >= 15 is 0 Å². The van der Waals surface area contributed by atoms with Crippen molar-refractivity contribution in [2.45, 2.75) is 51.1 Å². The second-order valence-corrected chi connectivity index (χ2v) is 10.1. The van der Waals surface area contributed by atoms with Gasteiger partial charge in [-0.05, 0) is 62.8 Å². The maximum Gasteiger partial charge on any atom is 0.270 e. The summed E-state index contributed by atoms with van der Waals surface area (Å²) in [4.78, 5) is 35.8. The minimum atomic E-state index is -0.627. The highest BCUT2D eigenvalue weighted by molar-refractivity contribution is 5.92. The lowest BCUT2D eigenvalue weighted by Crippen LogP contribution is -2.50. The van der Waals surface area contributed by atoms with Gasteiger partial charge in [-0.3, -0.25) is 14.5 Å². The number of nitrogens with zero attached hydrogens (tertiary/aromatic N) is 3. The van der Waals surface area contributed by atoms with Gasteiger partial charge in [-0.15, -0.1) is 0 Å². The van der Waals surface area contributed by atoms with E-state index in [9.17, 15) is 18.4 Å². The number of halogens is 2. The number of hydrogen-bond donors (Lipinski definition) is 2. The van der Waals surface area contributed by atoms with Crippen molar-refractivity contribution in [3.05, 3.63) is 69.9 Å². The van der Waals surface area contributed by atoms with Crippen molar-refractivity contribution >= 4 is 22.4 Å². The van der Waals surface area contributed by atoms with Gasteiger partial charge < -0.3 is 15.2 Å². The number of anilines is 1. The van der Waals surface area contributed by atoms with Gasteiger partial charge in [0, 0.05) is 49.9 Å². The summed E-state index contributed by atoms with van der Waals surface area (Å²) in [5.41, 5.74) is 0.992. The smallest absolute Gasteiger partial charge is 0.270 e. The van der Waals surface area contributed by atoms with Gasteiger partial charge in [0.2, 0.25) is 5.95 Å². The monoisotopic (exact) mass is 495 g/mol. The Morgan fingerprint density at radius 1 is 1.11 bits per heavy atom. The topological polar surface area (TPSA) is 81.3 Å². The number of pyridine rings is 2. The largest absolute Gasteiger partial charge is 0.365 e. The summed E-state index contributed by atoms with van der Waals surface area (Å²) in [5, 5.41) is 3.47. The minimum Gasteiger partial charge on any atom is -0.365 e. The molecule has 2 atom stereocenters. The van der Waals surface area contributed by atoms with E-state index in [0.717, 1.165) is 38.0 Å². The lowest BCUT2D eigenvalue weighted by atomic mass is 10.00. The van der Waals surface area contributed by atoms with Gasteiger partial charge in [0.1, 0.15) is 11.5 Å². The molecule has 1 aliphatic carbocycles. The molecule has 0 spiro atoms. The molecule has 1 amide bonds. The molecule has 7 nitrogen and oxygen atoms in total. The number of aromatic nitrogens is 2. The van der Waals surface area contributed by atoms with E-state index in [0.29, 0.717) is 30.2 Å². The third-order valence-corrected chi connectivity index (χ3v) is 7.34. The summed E-state index contributed by atoms with van der Waals surface area (Å²) in [5.74, 6) is -1.28. The minimum absolute atomic E-state index is 0.0465. The quantitative estimate of drug-likeness (QED) is 0.527. The standard InChI is InChI=1S/C27H31F2N5O2/c1-16(2)30-26(35)21-8-9-23(25(29)31-21)34-12-10-33(11-13-34)19-7-6-17(14-19)22-15-18-4-3-5-20(28)24(18)27(36)32-22/h3-5,8-9,15-17,19H,6-7,10-14H2,1-2H3,(H,30,35)(H,32,36)/t17-,19-/m1/s1. The molecule has 36 heavy (non-hydrogen) atoms. The normalized spacial score (nSPS) is 20.9. The summed E-state index contributed by atoms with van der Waals surface area (Å²) in [6.45, 7) is 6.62. The predicted molar refractivity (Wildman–Crippen MR) is 135 cm³/mol. The first-order valence-electron chi connectivity index (χ1n) is 12.6. The maximum absolute atomic E-state index is 14.7. The van der Waals surface area contributed by atoms with Crippen LogP contribution in [0.1, 0.15) is 55.2 Å². The maximum atomic E-state index is 14.7. The molecule has 5 rings (SSSR count). The molecule has 0 bridgehead atoms. The molecule has 1 saturated heterocycles. The Labute approximate surface area is 208 Å². The molecular formula is C27H31F2N5O2. The molecule has 2 aliphatic rings. The van der Waals surface area contributed by atoms with E-state index < -0.39 is 11.8 Å². The van der Waals surface area contributed by atoms with Crippen molar-refractivity contribution < 1.29 is 13.6 Å². The molecule has 9 heteroatoms. The first-order chi connectivity index (χ1) is 17.3. The number of aromatic amines is 1. The fourth-order valence-electron chi connectivity index (χ4n) is 5.54. The van der Waals surface area contributed by atoms with Crippen LogP contribution in [0, 0.1) is 11.8 Å². The zero-order chi connectivity index (χ0) is 25.4. The molecule has 3 aromatic rings. The Bertz CT molecular complexity index is 1330. The van der Waals surface area contributed by atoms with Crippen molar-refractivity contribution in [2.24, 2.45) is 0 Å². The molecule has 0 radical (unpaired) electrons. The highest BCUT2D eigenvalue weighted by atomic mass is 19.1. The molecule has 190 valence electrons. The van der Waals surface area contributed by atoms with Gasteiger partial charge >= 0.3 is 0 Å². The number of nitrogens with one attached hydrogen (secondary N) is 2. The van der Waals surface area contributed by atoms with E-state index in [2.05, 4.69) is 20.2 Å². The van der Waals surface area contributed by atoms with Crippen LogP contribution in [0.3, 0.4) is 0 Å². The van der Waals surface area contributed by atoms with Gasteiger partial charge in [0.25, 0.3) is 11.5 Å². The van der Waals surface area contributed by atoms with Crippen LogP contribution in [0.15, 0.2) is 41.2 Å². The number of amides is 1. The average Bonchev–Trinajstić information content (AvgIpc) is 3.34. The van der Waals surface area contributed by atoms with Gasteiger partial charge in [-0.2, -0.15) is 4.39 Å². The van der Waals surface area contributed by atoms with Gasteiger partial charge in [0.05, 0.1) is 11.1 Å². The molecule has 1 aromatic carbocycles. The van der Waals surface area contributed by atoms with Crippen molar-refractivity contribution in [2.75, 3.05) is 31.1 Å². The Kier molecular flexibility index (Phi) is 6.75. The Morgan fingerprint density at radius 2 is 1.89 bits per heavy atom. The summed E-state index contributed by atoms with van der Waals surface area (Å²) in [6, 6.07) is 10.2. The van der Waals surface area contributed by atoms with Crippen LogP contribution in [0.2, 0.25) is 0 Å². The van der Waals surface area contributed by atoms with Crippen molar-refractivity contribution in [1.29, 1.82) is 0 Å². The predicted octanol–water partition coefficient (Wildman–Crippen LogP) is 3.80. The molecule has 0 unspecified atom stereocenters. The fraction of sp³-hybridized carbons (Fsp3) is 0.444. The second kappa shape index (κ2) is 9.97. The van der Waals surface area contributed by atoms with Crippen LogP contribution >= 0.6 is 0 Å². The number of carbonyl (C=O) groups is 1. The molecule has 2 N–H and O–H groups in total. The third-order valence-electron chi connectivity index (χ3n) is 7.34. The van der Waals surface area contributed by atoms with Crippen LogP contribution in [0.5, 0.6) is 0 Å². The summed E-state index contributed by atoms with van der Waals surface area (Å²) in [7, 11) is 0. The molecule has 1 aliphatic heterocycles. The number of piperazine rings is 1. The van der Waals surface area contributed by atoms with Crippen LogP contribution in [0.25, 0.3) is 10.8 Å². The third kappa shape index (κ3) is 4.84. The zero-order valence-electron chi connectivity index (χ0n) is 20.6. The Hall–Kier alpha value is -3.33. The van der Waals surface area contributed by atoms with Gasteiger partial charge in [-0.25, -0.2) is 9.37 Å². The summed E-state index contributed by atoms with van der Waals surface area (Å²) >= 11 is 0. The lowest BCUT2D eigenvalue weighted by Gasteiger charge is -2.39. The first kappa shape index (κ1) is 24.4. The highest BCUT2D eigenvalue weighted by Gasteiger charge is 2.33. The first-order valence-corrected chi connectivity index (χ1v) is 12.6. The summed E-state index contributed by atoms with van der Waals surface area (Å²) < 4.78 is 28.8. The number of carbonyl (C=O) groups excluding carboxylic acids is 1. The van der Waals surface area contributed by atoms with E-state index in [1.807, 2.05) is 24.8 Å². The number of fused-ring (bicyclic) bond motifs is 1. The van der Waals surface area contributed by atoms with Crippen molar-refractivity contribution in [1.82, 2.24) is 20.2 Å². The van der Waals surface area contributed by atoms with Crippen LogP contribution in [-0.2, 0) is 0 Å².